The van der Waals surface area contributed by atoms with Gasteiger partial charge in [-0.25, -0.2) is 12.7 Å². The zero-order valence-electron chi connectivity index (χ0n) is 10.0. The van der Waals surface area contributed by atoms with Gasteiger partial charge in [-0.1, -0.05) is 12.1 Å². The van der Waals surface area contributed by atoms with Gasteiger partial charge in [0.1, 0.15) is 6.61 Å². The van der Waals surface area contributed by atoms with Crippen LogP contribution in [0.4, 0.5) is 0 Å². The van der Waals surface area contributed by atoms with Crippen LogP contribution in [-0.4, -0.2) is 32.8 Å². The van der Waals surface area contributed by atoms with Crippen molar-refractivity contribution in [1.82, 2.24) is 4.31 Å². The molecule has 94 valence electrons. The second-order valence-electron chi connectivity index (χ2n) is 3.71. The summed E-state index contributed by atoms with van der Waals surface area (Å²) < 4.78 is 29.4. The van der Waals surface area contributed by atoms with Crippen LogP contribution < -0.4 is 0 Å². The number of benzene rings is 1. The Bertz CT molecular complexity index is 491. The summed E-state index contributed by atoms with van der Waals surface area (Å²) in [6.07, 6.45) is 0. The van der Waals surface area contributed by atoms with Crippen molar-refractivity contribution < 1.29 is 17.9 Å². The van der Waals surface area contributed by atoms with Gasteiger partial charge in [0.25, 0.3) is 0 Å². The van der Waals surface area contributed by atoms with Gasteiger partial charge in [-0.2, -0.15) is 0 Å². The summed E-state index contributed by atoms with van der Waals surface area (Å²) in [7, 11) is -0.451. The van der Waals surface area contributed by atoms with Gasteiger partial charge in [-0.15, -0.1) is 0 Å². The Kier molecular flexibility index (Phi) is 4.25. The van der Waals surface area contributed by atoms with Crippen molar-refractivity contribution in [2.45, 2.75) is 18.4 Å². The molecule has 0 amide bonds. The molecule has 1 rings (SSSR count). The van der Waals surface area contributed by atoms with Gasteiger partial charge in [0.2, 0.25) is 10.0 Å². The van der Waals surface area contributed by atoms with Crippen LogP contribution in [0.5, 0.6) is 0 Å². The van der Waals surface area contributed by atoms with Gasteiger partial charge in [-0.05, 0) is 17.7 Å². The Morgan fingerprint density at radius 1 is 1.24 bits per heavy atom. The van der Waals surface area contributed by atoms with E-state index in [-0.39, 0.29) is 17.5 Å². The summed E-state index contributed by atoms with van der Waals surface area (Å²) >= 11 is 0. The molecule has 0 aliphatic carbocycles. The maximum atomic E-state index is 11.7. The van der Waals surface area contributed by atoms with E-state index in [9.17, 15) is 13.2 Å². The first-order valence-corrected chi connectivity index (χ1v) is 6.43. The lowest BCUT2D eigenvalue weighted by Crippen LogP contribution is -2.22. The minimum Gasteiger partial charge on any atom is -0.461 e. The summed E-state index contributed by atoms with van der Waals surface area (Å²) in [5, 5.41) is 0. The Balaban J connectivity index is 2.85. The fraction of sp³-hybridized carbons (Fsp3) is 0.364. The summed E-state index contributed by atoms with van der Waals surface area (Å²) in [6.45, 7) is 1.47. The second kappa shape index (κ2) is 5.29. The average molecular weight is 257 g/mol. The van der Waals surface area contributed by atoms with Crippen molar-refractivity contribution in [3.8, 4) is 0 Å². The lowest BCUT2D eigenvalue weighted by atomic mass is 10.2. The number of nitrogens with zero attached hydrogens (tertiary/aromatic N) is 1. The first-order chi connectivity index (χ1) is 7.84. The third kappa shape index (κ3) is 3.54. The lowest BCUT2D eigenvalue weighted by molar-refractivity contribution is -0.142. The molecule has 0 aromatic heterocycles. The van der Waals surface area contributed by atoms with Crippen LogP contribution in [0.2, 0.25) is 0 Å². The highest BCUT2D eigenvalue weighted by atomic mass is 32.2. The van der Waals surface area contributed by atoms with E-state index in [1.807, 2.05) is 0 Å². The third-order valence-electron chi connectivity index (χ3n) is 2.14. The molecule has 6 heteroatoms. The minimum absolute atomic E-state index is 0.150. The third-order valence-corrected chi connectivity index (χ3v) is 3.97. The number of esters is 1. The van der Waals surface area contributed by atoms with Crippen LogP contribution in [0.1, 0.15) is 12.5 Å². The lowest BCUT2D eigenvalue weighted by Gasteiger charge is -2.11. The van der Waals surface area contributed by atoms with E-state index in [1.54, 1.807) is 12.1 Å². The molecule has 0 aliphatic heterocycles. The SMILES string of the molecule is CC(=O)OCc1ccc(S(=O)(=O)N(C)C)cc1. The fourth-order valence-corrected chi connectivity index (χ4v) is 2.06. The van der Waals surface area contributed by atoms with Gasteiger partial charge >= 0.3 is 5.97 Å². The molecule has 0 fully saturated rings. The monoisotopic (exact) mass is 257 g/mol. The number of hydrogen-bond acceptors (Lipinski definition) is 4. The molecule has 0 saturated carbocycles. The molecule has 0 saturated heterocycles. The van der Waals surface area contributed by atoms with Crippen molar-refractivity contribution in [1.29, 1.82) is 0 Å². The molecule has 0 bridgehead atoms. The molecule has 0 heterocycles. The smallest absolute Gasteiger partial charge is 0.302 e. The van der Waals surface area contributed by atoms with Gasteiger partial charge < -0.3 is 4.74 Å². The Hall–Kier alpha value is -1.40. The highest BCUT2D eigenvalue weighted by molar-refractivity contribution is 7.89. The standard InChI is InChI=1S/C11H15NO4S/c1-9(13)16-8-10-4-6-11(7-5-10)17(14,15)12(2)3/h4-7H,8H2,1-3H3. The van der Waals surface area contributed by atoms with Gasteiger partial charge in [-0.3, -0.25) is 4.79 Å². The van der Waals surface area contributed by atoms with Crippen molar-refractivity contribution >= 4 is 16.0 Å². The van der Waals surface area contributed by atoms with Crippen molar-refractivity contribution in [2.75, 3.05) is 14.1 Å². The van der Waals surface area contributed by atoms with Crippen LogP contribution in [0.25, 0.3) is 0 Å². The molecular formula is C11H15NO4S. The molecule has 17 heavy (non-hydrogen) atoms. The van der Waals surface area contributed by atoms with Crippen LogP contribution >= 0.6 is 0 Å². The van der Waals surface area contributed by atoms with E-state index in [0.29, 0.717) is 0 Å². The van der Waals surface area contributed by atoms with E-state index in [2.05, 4.69) is 0 Å². The number of sulfonamides is 1. The van der Waals surface area contributed by atoms with Crippen molar-refractivity contribution in [2.24, 2.45) is 0 Å². The van der Waals surface area contributed by atoms with E-state index >= 15 is 0 Å². The van der Waals surface area contributed by atoms with E-state index in [4.69, 9.17) is 4.74 Å². The second-order valence-corrected chi connectivity index (χ2v) is 5.86. The van der Waals surface area contributed by atoms with Gasteiger partial charge in [0, 0.05) is 21.0 Å². The Morgan fingerprint density at radius 3 is 2.18 bits per heavy atom. The maximum absolute atomic E-state index is 11.7. The number of carbonyl (C=O) groups is 1. The fourth-order valence-electron chi connectivity index (χ4n) is 1.15. The summed E-state index contributed by atoms with van der Waals surface area (Å²) in [6, 6.07) is 6.24. The molecule has 1 aromatic carbocycles. The largest absolute Gasteiger partial charge is 0.461 e. The summed E-state index contributed by atoms with van der Waals surface area (Å²) in [5.74, 6) is -0.366. The average Bonchev–Trinajstić information content (AvgIpc) is 2.26. The quantitative estimate of drug-likeness (QED) is 0.755. The molecule has 0 aliphatic rings. The molecular weight excluding hydrogens is 242 g/mol. The predicted molar refractivity (Wildman–Crippen MR) is 62.8 cm³/mol. The van der Waals surface area contributed by atoms with Gasteiger partial charge in [0.05, 0.1) is 4.90 Å². The number of ether oxygens (including phenoxy) is 1. The first kappa shape index (κ1) is 13.7. The molecule has 1 aromatic rings. The maximum Gasteiger partial charge on any atom is 0.302 e. The highest BCUT2D eigenvalue weighted by Gasteiger charge is 2.16. The van der Waals surface area contributed by atoms with Crippen LogP contribution in [0, 0.1) is 0 Å². The van der Waals surface area contributed by atoms with E-state index in [1.165, 1.54) is 33.2 Å². The van der Waals surface area contributed by atoms with E-state index < -0.39 is 10.0 Å². The summed E-state index contributed by atoms with van der Waals surface area (Å²) in [4.78, 5) is 10.8. The zero-order valence-corrected chi connectivity index (χ0v) is 10.8. The Morgan fingerprint density at radius 2 is 1.76 bits per heavy atom. The molecule has 5 nitrogen and oxygen atoms in total. The highest BCUT2D eigenvalue weighted by Crippen LogP contribution is 2.14. The molecule has 0 N–H and O–H groups in total. The van der Waals surface area contributed by atoms with Gasteiger partial charge in [0.15, 0.2) is 0 Å². The van der Waals surface area contributed by atoms with Crippen molar-refractivity contribution in [3.05, 3.63) is 29.8 Å². The molecule has 0 unspecified atom stereocenters. The Labute approximate surface area is 101 Å². The van der Waals surface area contributed by atoms with Crippen LogP contribution in [0.3, 0.4) is 0 Å². The number of rotatable bonds is 4. The predicted octanol–water partition coefficient (Wildman–Crippen LogP) is 1.000. The topological polar surface area (TPSA) is 63.7 Å². The van der Waals surface area contributed by atoms with Crippen molar-refractivity contribution in [3.63, 3.8) is 0 Å². The molecule has 0 radical (unpaired) electrons. The molecule has 0 spiro atoms. The summed E-state index contributed by atoms with van der Waals surface area (Å²) in [5.41, 5.74) is 0.748. The number of hydrogen-bond donors (Lipinski definition) is 0. The van der Waals surface area contributed by atoms with Crippen LogP contribution in [0.15, 0.2) is 29.2 Å². The molecule has 0 atom stereocenters. The zero-order chi connectivity index (χ0) is 13.1. The normalized spacial score (nSPS) is 11.5. The van der Waals surface area contributed by atoms with Crippen LogP contribution in [-0.2, 0) is 26.2 Å². The van der Waals surface area contributed by atoms with E-state index in [0.717, 1.165) is 9.87 Å². The first-order valence-electron chi connectivity index (χ1n) is 4.99. The minimum atomic E-state index is -3.40. The number of carbonyl (C=O) groups excluding carboxylic acids is 1.